The van der Waals surface area contributed by atoms with Crippen LogP contribution in [0.25, 0.3) is 17.0 Å². The van der Waals surface area contributed by atoms with Crippen LogP contribution in [0.1, 0.15) is 44.6 Å². The summed E-state index contributed by atoms with van der Waals surface area (Å²) in [4.78, 5) is 9.55. The van der Waals surface area contributed by atoms with E-state index in [0.717, 1.165) is 22.9 Å². The van der Waals surface area contributed by atoms with Gasteiger partial charge in [0, 0.05) is 25.3 Å². The molecule has 0 radical (unpaired) electrons. The van der Waals surface area contributed by atoms with Crippen molar-refractivity contribution >= 4 is 11.5 Å². The van der Waals surface area contributed by atoms with E-state index in [9.17, 15) is 0 Å². The molecule has 144 valence electrons. The van der Waals surface area contributed by atoms with Crippen LogP contribution in [-0.4, -0.2) is 33.5 Å². The summed E-state index contributed by atoms with van der Waals surface area (Å²) < 4.78 is 2.20. The molecule has 2 N–H and O–H groups in total. The van der Waals surface area contributed by atoms with E-state index >= 15 is 0 Å². The quantitative estimate of drug-likeness (QED) is 0.726. The molecule has 0 bridgehead atoms. The number of rotatable bonds is 4. The van der Waals surface area contributed by atoms with E-state index in [-0.39, 0.29) is 0 Å². The molecule has 2 aliphatic carbocycles. The van der Waals surface area contributed by atoms with Gasteiger partial charge in [0.2, 0.25) is 0 Å². The third-order valence-electron chi connectivity index (χ3n) is 7.27. The Bertz CT molecular complexity index is 1040. The summed E-state index contributed by atoms with van der Waals surface area (Å²) in [5.74, 6) is 0.979. The lowest BCUT2D eigenvalue weighted by Crippen LogP contribution is -2.52. The first kappa shape index (κ1) is 16.5. The Morgan fingerprint density at radius 2 is 2.04 bits per heavy atom. The van der Waals surface area contributed by atoms with Crippen LogP contribution in [0, 0.1) is 5.41 Å². The Hall–Kier alpha value is -2.40. The summed E-state index contributed by atoms with van der Waals surface area (Å²) in [5.41, 5.74) is 5.33. The van der Waals surface area contributed by atoms with Crippen molar-refractivity contribution in [3.63, 3.8) is 0 Å². The summed E-state index contributed by atoms with van der Waals surface area (Å²) in [6, 6.07) is 11.2. The highest BCUT2D eigenvalue weighted by atomic mass is 15.1. The van der Waals surface area contributed by atoms with Crippen molar-refractivity contribution in [1.29, 1.82) is 0 Å². The predicted octanol–water partition coefficient (Wildman–Crippen LogP) is 4.00. The Kier molecular flexibility index (Phi) is 3.43. The van der Waals surface area contributed by atoms with Crippen molar-refractivity contribution in [2.75, 3.05) is 18.4 Å². The van der Waals surface area contributed by atoms with Crippen LogP contribution in [0.15, 0.2) is 42.7 Å². The molecule has 1 unspecified atom stereocenters. The zero-order valence-electron chi connectivity index (χ0n) is 16.4. The minimum Gasteiger partial charge on any atom is -0.367 e. The van der Waals surface area contributed by atoms with Crippen LogP contribution in [0.5, 0.6) is 0 Å². The lowest BCUT2D eigenvalue weighted by atomic mass is 9.80. The molecule has 5 nitrogen and oxygen atoms in total. The number of anilines is 1. The molecule has 2 saturated carbocycles. The Morgan fingerprint density at radius 1 is 1.14 bits per heavy atom. The monoisotopic (exact) mass is 373 g/mol. The molecule has 6 rings (SSSR count). The normalized spacial score (nSPS) is 24.4. The molecular weight excluding hydrogens is 346 g/mol. The van der Waals surface area contributed by atoms with E-state index in [4.69, 9.17) is 4.98 Å². The smallest absolute Gasteiger partial charge is 0.137 e. The summed E-state index contributed by atoms with van der Waals surface area (Å²) in [7, 11) is 0. The van der Waals surface area contributed by atoms with E-state index in [1.54, 1.807) is 0 Å². The molecule has 0 aromatic carbocycles. The van der Waals surface area contributed by atoms with Crippen molar-refractivity contribution in [3.05, 3.63) is 48.3 Å². The van der Waals surface area contributed by atoms with Crippen LogP contribution in [-0.2, 0) is 5.41 Å². The zero-order chi connectivity index (χ0) is 18.8. The Morgan fingerprint density at radius 3 is 2.79 bits per heavy atom. The van der Waals surface area contributed by atoms with E-state index in [2.05, 4.69) is 63.5 Å². The topological polar surface area (TPSA) is 54.2 Å². The van der Waals surface area contributed by atoms with Crippen LogP contribution >= 0.6 is 0 Å². The number of fused-ring (bicyclic) bond motifs is 1. The van der Waals surface area contributed by atoms with Crippen molar-refractivity contribution in [3.8, 4) is 11.4 Å². The van der Waals surface area contributed by atoms with Gasteiger partial charge in [0.25, 0.3) is 0 Å². The predicted molar refractivity (Wildman–Crippen MR) is 112 cm³/mol. The Labute approximate surface area is 165 Å². The first-order valence-electron chi connectivity index (χ1n) is 10.6. The molecule has 1 saturated heterocycles. The second-order valence-corrected chi connectivity index (χ2v) is 9.45. The molecule has 1 spiro atoms. The number of hydrogen-bond donors (Lipinski definition) is 2. The van der Waals surface area contributed by atoms with Gasteiger partial charge in [-0.05, 0) is 66.7 Å². The van der Waals surface area contributed by atoms with Gasteiger partial charge in [-0.15, -0.1) is 0 Å². The molecule has 28 heavy (non-hydrogen) atoms. The van der Waals surface area contributed by atoms with Gasteiger partial charge in [-0.1, -0.05) is 19.1 Å². The van der Waals surface area contributed by atoms with Gasteiger partial charge in [-0.2, -0.15) is 0 Å². The molecule has 3 fully saturated rings. The van der Waals surface area contributed by atoms with Crippen molar-refractivity contribution in [1.82, 2.24) is 19.7 Å². The molecule has 4 heterocycles. The number of hydrogen-bond acceptors (Lipinski definition) is 4. The average Bonchev–Trinajstić information content (AvgIpc) is 3.12. The maximum atomic E-state index is 4.94. The van der Waals surface area contributed by atoms with Crippen molar-refractivity contribution < 1.29 is 0 Å². The van der Waals surface area contributed by atoms with E-state index in [1.165, 1.54) is 50.8 Å². The van der Waals surface area contributed by atoms with Crippen LogP contribution in [0.2, 0.25) is 0 Å². The first-order chi connectivity index (χ1) is 13.6. The van der Waals surface area contributed by atoms with E-state index in [0.29, 0.717) is 16.9 Å². The van der Waals surface area contributed by atoms with Gasteiger partial charge in [-0.3, -0.25) is 4.40 Å². The van der Waals surface area contributed by atoms with Gasteiger partial charge in [0.05, 0.1) is 17.6 Å². The van der Waals surface area contributed by atoms with Gasteiger partial charge >= 0.3 is 0 Å². The number of nitrogens with one attached hydrogen (secondary N) is 2. The lowest BCUT2D eigenvalue weighted by Gasteiger charge is -2.39. The summed E-state index contributed by atoms with van der Waals surface area (Å²) in [5, 5.41) is 7.13. The highest BCUT2D eigenvalue weighted by molar-refractivity contribution is 5.62. The Balaban J connectivity index is 1.29. The van der Waals surface area contributed by atoms with Gasteiger partial charge in [0.1, 0.15) is 11.5 Å². The molecule has 5 heteroatoms. The first-order valence-corrected chi connectivity index (χ1v) is 10.6. The number of aromatic nitrogens is 3. The molecule has 1 aliphatic heterocycles. The summed E-state index contributed by atoms with van der Waals surface area (Å²) in [6.45, 7) is 4.71. The van der Waals surface area contributed by atoms with Gasteiger partial charge in [-0.25, -0.2) is 9.97 Å². The number of pyridine rings is 2. The molecule has 3 aromatic rings. The fourth-order valence-corrected chi connectivity index (χ4v) is 5.00. The molecule has 3 aliphatic rings. The molecular formula is C23H27N5. The fourth-order valence-electron chi connectivity index (χ4n) is 5.00. The van der Waals surface area contributed by atoms with E-state index < -0.39 is 0 Å². The lowest BCUT2D eigenvalue weighted by molar-refractivity contribution is 0.176. The standard InChI is InChI=1S/C23H27N5/c1-22(9-10-22)16-5-6-21-25-12-19(28(21)13-16)18-3-2-4-20(27-18)26-17-7-8-23(11-17)14-24-15-23/h2-6,12-13,17,24H,7-11,14-15H2,1H3,(H,26,27). The molecule has 3 aromatic heterocycles. The maximum Gasteiger partial charge on any atom is 0.137 e. The van der Waals surface area contributed by atoms with Gasteiger partial charge < -0.3 is 10.6 Å². The van der Waals surface area contributed by atoms with E-state index in [1.807, 2.05) is 6.20 Å². The minimum atomic E-state index is 0.349. The minimum absolute atomic E-state index is 0.349. The molecule has 1 atom stereocenters. The fraction of sp³-hybridized carbons (Fsp3) is 0.478. The highest BCUT2D eigenvalue weighted by Crippen LogP contribution is 2.47. The third-order valence-corrected chi connectivity index (χ3v) is 7.27. The maximum absolute atomic E-state index is 4.94. The van der Waals surface area contributed by atoms with Crippen molar-refractivity contribution in [2.24, 2.45) is 5.41 Å². The number of imidazole rings is 1. The largest absolute Gasteiger partial charge is 0.367 e. The second kappa shape index (κ2) is 5.80. The second-order valence-electron chi connectivity index (χ2n) is 9.45. The van der Waals surface area contributed by atoms with Crippen LogP contribution in [0.4, 0.5) is 5.82 Å². The summed E-state index contributed by atoms with van der Waals surface area (Å²) in [6.07, 6.45) is 10.6. The average molecular weight is 374 g/mol. The number of nitrogens with zero attached hydrogens (tertiary/aromatic N) is 3. The van der Waals surface area contributed by atoms with Crippen molar-refractivity contribution in [2.45, 2.75) is 50.5 Å². The molecule has 0 amide bonds. The van der Waals surface area contributed by atoms with Crippen LogP contribution < -0.4 is 10.6 Å². The SMILES string of the molecule is CC1(c2ccc3ncc(-c4cccc(NC5CCC6(CNC6)C5)n4)n3c2)CC1. The summed E-state index contributed by atoms with van der Waals surface area (Å²) >= 11 is 0. The van der Waals surface area contributed by atoms with Crippen LogP contribution in [0.3, 0.4) is 0 Å². The zero-order valence-corrected chi connectivity index (χ0v) is 16.4. The third kappa shape index (κ3) is 2.64. The highest BCUT2D eigenvalue weighted by Gasteiger charge is 2.43. The van der Waals surface area contributed by atoms with Gasteiger partial charge in [0.15, 0.2) is 0 Å².